The normalized spacial score (nSPS) is 32.6. The molecular weight excluding hydrogens is 180 g/mol. The molecule has 0 aromatic heterocycles. The van der Waals surface area contributed by atoms with E-state index in [2.05, 4.69) is 10.6 Å². The lowest BCUT2D eigenvalue weighted by Gasteiger charge is -2.26. The van der Waals surface area contributed by atoms with Crippen LogP contribution in [0.5, 0.6) is 0 Å². The average molecular weight is 198 g/mol. The SMILES string of the molecule is O=C(NCC1CCC1)[C@H]1C[C@H](O)CN1. The third-order valence-electron chi connectivity index (χ3n) is 3.21. The Labute approximate surface area is 84.1 Å². The summed E-state index contributed by atoms with van der Waals surface area (Å²) in [5.41, 5.74) is 0. The molecule has 0 unspecified atom stereocenters. The van der Waals surface area contributed by atoms with Gasteiger partial charge in [0.2, 0.25) is 5.91 Å². The van der Waals surface area contributed by atoms with Crippen LogP contribution in [0.3, 0.4) is 0 Å². The van der Waals surface area contributed by atoms with Crippen molar-refractivity contribution in [2.75, 3.05) is 13.1 Å². The van der Waals surface area contributed by atoms with E-state index < -0.39 is 0 Å². The van der Waals surface area contributed by atoms with Gasteiger partial charge in [0, 0.05) is 13.1 Å². The molecule has 2 atom stereocenters. The summed E-state index contributed by atoms with van der Waals surface area (Å²) in [4.78, 5) is 11.6. The van der Waals surface area contributed by atoms with Crippen molar-refractivity contribution in [3.8, 4) is 0 Å². The summed E-state index contributed by atoms with van der Waals surface area (Å²) < 4.78 is 0. The minimum Gasteiger partial charge on any atom is -0.392 e. The summed E-state index contributed by atoms with van der Waals surface area (Å²) in [6.07, 6.45) is 4.01. The van der Waals surface area contributed by atoms with Crippen molar-refractivity contribution < 1.29 is 9.90 Å². The molecule has 14 heavy (non-hydrogen) atoms. The predicted molar refractivity (Wildman–Crippen MR) is 52.8 cm³/mol. The Morgan fingerprint density at radius 2 is 2.29 bits per heavy atom. The third-order valence-corrected chi connectivity index (χ3v) is 3.21. The minimum atomic E-state index is -0.352. The van der Waals surface area contributed by atoms with E-state index in [-0.39, 0.29) is 18.1 Å². The highest BCUT2D eigenvalue weighted by Crippen LogP contribution is 2.25. The van der Waals surface area contributed by atoms with Gasteiger partial charge in [-0.3, -0.25) is 4.79 Å². The zero-order valence-corrected chi connectivity index (χ0v) is 8.33. The summed E-state index contributed by atoms with van der Waals surface area (Å²) in [6, 6.07) is -0.176. The Kier molecular flexibility index (Phi) is 3.03. The summed E-state index contributed by atoms with van der Waals surface area (Å²) in [6.45, 7) is 1.36. The zero-order valence-electron chi connectivity index (χ0n) is 8.33. The largest absolute Gasteiger partial charge is 0.392 e. The fourth-order valence-corrected chi connectivity index (χ4v) is 1.98. The molecule has 80 valence electrons. The lowest BCUT2D eigenvalue weighted by Crippen LogP contribution is -2.43. The van der Waals surface area contributed by atoms with Crippen LogP contribution in [0, 0.1) is 5.92 Å². The van der Waals surface area contributed by atoms with Crippen molar-refractivity contribution in [3.63, 3.8) is 0 Å². The van der Waals surface area contributed by atoms with Gasteiger partial charge in [0.05, 0.1) is 12.1 Å². The van der Waals surface area contributed by atoms with E-state index in [1.165, 1.54) is 19.3 Å². The second-order valence-corrected chi connectivity index (χ2v) is 4.39. The molecule has 2 rings (SSSR count). The summed E-state index contributed by atoms with van der Waals surface area (Å²) in [7, 11) is 0. The molecule has 0 aromatic carbocycles. The molecule has 1 aliphatic carbocycles. The number of β-amino-alcohol motifs (C(OH)–C–C–N with tert-alkyl or cyclic N) is 1. The lowest BCUT2D eigenvalue weighted by molar-refractivity contribution is -0.123. The van der Waals surface area contributed by atoms with Gasteiger partial charge in [0.25, 0.3) is 0 Å². The Bertz CT molecular complexity index is 216. The quantitative estimate of drug-likeness (QED) is 0.579. The van der Waals surface area contributed by atoms with E-state index in [1.54, 1.807) is 0 Å². The van der Waals surface area contributed by atoms with Crippen molar-refractivity contribution in [2.45, 2.75) is 37.8 Å². The molecule has 1 heterocycles. The topological polar surface area (TPSA) is 61.4 Å². The van der Waals surface area contributed by atoms with E-state index >= 15 is 0 Å². The van der Waals surface area contributed by atoms with Gasteiger partial charge in [0.15, 0.2) is 0 Å². The number of amides is 1. The third kappa shape index (κ3) is 2.25. The molecule has 1 amide bonds. The van der Waals surface area contributed by atoms with Crippen molar-refractivity contribution >= 4 is 5.91 Å². The van der Waals surface area contributed by atoms with Gasteiger partial charge < -0.3 is 15.7 Å². The number of hydrogen-bond donors (Lipinski definition) is 3. The second kappa shape index (κ2) is 4.28. The highest BCUT2D eigenvalue weighted by atomic mass is 16.3. The van der Waals surface area contributed by atoms with Crippen LogP contribution in [-0.4, -0.2) is 36.2 Å². The van der Waals surface area contributed by atoms with Gasteiger partial charge in [0.1, 0.15) is 0 Å². The Morgan fingerprint density at radius 1 is 1.50 bits per heavy atom. The second-order valence-electron chi connectivity index (χ2n) is 4.39. The number of aliphatic hydroxyl groups is 1. The van der Waals surface area contributed by atoms with Crippen molar-refractivity contribution in [1.82, 2.24) is 10.6 Å². The summed E-state index contributed by atoms with van der Waals surface area (Å²) in [5, 5.41) is 15.2. The molecule has 3 N–H and O–H groups in total. The first kappa shape index (κ1) is 9.93. The molecule has 0 spiro atoms. The van der Waals surface area contributed by atoms with Gasteiger partial charge in [-0.05, 0) is 25.2 Å². The fraction of sp³-hybridized carbons (Fsp3) is 0.900. The molecule has 2 fully saturated rings. The van der Waals surface area contributed by atoms with Crippen molar-refractivity contribution in [1.29, 1.82) is 0 Å². The molecule has 4 heteroatoms. The maximum Gasteiger partial charge on any atom is 0.237 e. The number of aliphatic hydroxyl groups excluding tert-OH is 1. The molecule has 2 aliphatic rings. The Hall–Kier alpha value is -0.610. The molecule has 1 saturated heterocycles. The van der Waals surface area contributed by atoms with Gasteiger partial charge in [-0.25, -0.2) is 0 Å². The molecule has 0 aromatic rings. The first-order valence-corrected chi connectivity index (χ1v) is 5.45. The van der Waals surface area contributed by atoms with Crippen LogP contribution in [0.2, 0.25) is 0 Å². The van der Waals surface area contributed by atoms with Crippen molar-refractivity contribution in [3.05, 3.63) is 0 Å². The smallest absolute Gasteiger partial charge is 0.237 e. The van der Waals surface area contributed by atoms with E-state index in [0.29, 0.717) is 18.9 Å². The predicted octanol–water partition coefficient (Wildman–Crippen LogP) is -0.375. The van der Waals surface area contributed by atoms with Crippen molar-refractivity contribution in [2.24, 2.45) is 5.92 Å². The van der Waals surface area contributed by atoms with Crippen LogP contribution in [0.4, 0.5) is 0 Å². The first-order valence-electron chi connectivity index (χ1n) is 5.45. The van der Waals surface area contributed by atoms with Crippen LogP contribution in [0.1, 0.15) is 25.7 Å². The number of rotatable bonds is 3. The lowest BCUT2D eigenvalue weighted by atomic mass is 9.85. The van der Waals surface area contributed by atoms with Gasteiger partial charge in [-0.2, -0.15) is 0 Å². The zero-order chi connectivity index (χ0) is 9.97. The number of hydrogen-bond acceptors (Lipinski definition) is 3. The van der Waals surface area contributed by atoms with Gasteiger partial charge in [-0.1, -0.05) is 6.42 Å². The fourth-order valence-electron chi connectivity index (χ4n) is 1.98. The van der Waals surface area contributed by atoms with Crippen LogP contribution >= 0.6 is 0 Å². The standard InChI is InChI=1S/C10H18N2O2/c13-8-4-9(11-6-8)10(14)12-5-7-2-1-3-7/h7-9,11,13H,1-6H2,(H,12,14)/t8-,9+/m0/s1. The number of carbonyl (C=O) groups is 1. The van der Waals surface area contributed by atoms with Gasteiger partial charge >= 0.3 is 0 Å². The van der Waals surface area contributed by atoms with E-state index in [4.69, 9.17) is 0 Å². The van der Waals surface area contributed by atoms with E-state index in [0.717, 1.165) is 6.54 Å². The Balaban J connectivity index is 1.67. The molecule has 1 saturated carbocycles. The number of carbonyl (C=O) groups excluding carboxylic acids is 1. The highest BCUT2D eigenvalue weighted by Gasteiger charge is 2.28. The number of nitrogens with one attached hydrogen (secondary N) is 2. The summed E-state index contributed by atoms with van der Waals surface area (Å²) >= 11 is 0. The molecule has 0 radical (unpaired) electrons. The van der Waals surface area contributed by atoms with Gasteiger partial charge in [-0.15, -0.1) is 0 Å². The average Bonchev–Trinajstić information content (AvgIpc) is 2.49. The van der Waals surface area contributed by atoms with E-state index in [9.17, 15) is 9.90 Å². The summed E-state index contributed by atoms with van der Waals surface area (Å²) in [5.74, 6) is 0.749. The Morgan fingerprint density at radius 3 is 2.79 bits per heavy atom. The molecular formula is C10H18N2O2. The van der Waals surface area contributed by atoms with E-state index in [1.807, 2.05) is 0 Å². The molecule has 1 aliphatic heterocycles. The molecule has 4 nitrogen and oxygen atoms in total. The maximum atomic E-state index is 11.6. The maximum absolute atomic E-state index is 11.6. The monoisotopic (exact) mass is 198 g/mol. The van der Waals surface area contributed by atoms with Crippen LogP contribution < -0.4 is 10.6 Å². The first-order chi connectivity index (χ1) is 6.75. The minimum absolute atomic E-state index is 0.0495. The van der Waals surface area contributed by atoms with Crippen LogP contribution in [-0.2, 0) is 4.79 Å². The van der Waals surface area contributed by atoms with Crippen LogP contribution in [0.15, 0.2) is 0 Å². The highest BCUT2D eigenvalue weighted by molar-refractivity contribution is 5.82. The van der Waals surface area contributed by atoms with Crippen LogP contribution in [0.25, 0.3) is 0 Å². The molecule has 0 bridgehead atoms.